The Morgan fingerprint density at radius 1 is 1.21 bits per heavy atom. The average molecular weight is 463 g/mol. The van der Waals surface area contributed by atoms with Crippen molar-refractivity contribution < 1.29 is 9.90 Å². The molecule has 0 saturated heterocycles. The van der Waals surface area contributed by atoms with Crippen LogP contribution in [-0.2, 0) is 7.05 Å². The number of phenolic OH excluding ortho intramolecular Hbond substituents is 1. The van der Waals surface area contributed by atoms with Gasteiger partial charge in [-0.25, -0.2) is 0 Å². The van der Waals surface area contributed by atoms with Gasteiger partial charge in [-0.2, -0.15) is 5.26 Å². The second-order valence-corrected chi connectivity index (χ2v) is 7.93. The van der Waals surface area contributed by atoms with E-state index >= 15 is 0 Å². The number of nitrogens with zero attached hydrogens (tertiary/aromatic N) is 3. The van der Waals surface area contributed by atoms with Crippen LogP contribution >= 0.6 is 0 Å². The maximum absolute atomic E-state index is 13.0. The summed E-state index contributed by atoms with van der Waals surface area (Å²) in [5.74, 6) is -0.970. The predicted octanol–water partition coefficient (Wildman–Crippen LogP) is 2.66. The molecule has 0 spiro atoms. The molecule has 0 bridgehead atoms. The number of aromatic nitrogens is 2. The van der Waals surface area contributed by atoms with E-state index in [2.05, 4.69) is 15.7 Å². The van der Waals surface area contributed by atoms with E-state index in [0.717, 1.165) is 10.2 Å². The highest BCUT2D eigenvalue weighted by Gasteiger charge is 2.22. The number of aromatic amines is 1. The summed E-state index contributed by atoms with van der Waals surface area (Å²) in [6.07, 6.45) is 0.621. The molecule has 0 aliphatic rings. The monoisotopic (exact) mass is 462 g/mol. The highest BCUT2D eigenvalue weighted by Crippen LogP contribution is 2.33. The normalized spacial score (nSPS) is 11.4. The zero-order valence-electron chi connectivity index (χ0n) is 19.3. The molecule has 0 radical (unpaired) electrons. The summed E-state index contributed by atoms with van der Waals surface area (Å²) in [6, 6.07) is 13.7. The number of hydrogen-bond donors (Lipinski definition) is 4. The number of aryl methyl sites for hydroxylation is 1. The molecule has 0 fully saturated rings. The summed E-state index contributed by atoms with van der Waals surface area (Å²) in [7, 11) is 4.44. The van der Waals surface area contributed by atoms with Gasteiger partial charge in [0.2, 0.25) is 0 Å². The number of hydrogen-bond acceptors (Lipinski definition) is 7. The van der Waals surface area contributed by atoms with Gasteiger partial charge in [0, 0.05) is 21.1 Å². The first kappa shape index (κ1) is 24.1. The first-order valence-electron chi connectivity index (χ1n) is 10.6. The van der Waals surface area contributed by atoms with Crippen LogP contribution in [0, 0.1) is 11.3 Å². The molecule has 0 unspecified atom stereocenters. The summed E-state index contributed by atoms with van der Waals surface area (Å²) in [5.41, 5.74) is -0.444. The lowest BCUT2D eigenvalue weighted by atomic mass is 10.0. The van der Waals surface area contributed by atoms with E-state index in [4.69, 9.17) is 0 Å². The lowest BCUT2D eigenvalue weighted by molar-refractivity contribution is 0.0824. The van der Waals surface area contributed by atoms with Crippen molar-refractivity contribution in [3.8, 4) is 11.8 Å². The van der Waals surface area contributed by atoms with Gasteiger partial charge in [-0.15, -0.1) is 0 Å². The topological polar surface area (TPSA) is 143 Å². The molecule has 3 rings (SSSR count). The minimum absolute atomic E-state index is 0.0100. The van der Waals surface area contributed by atoms with Crippen molar-refractivity contribution in [1.82, 2.24) is 14.7 Å². The maximum Gasteiger partial charge on any atom is 0.290 e. The summed E-state index contributed by atoms with van der Waals surface area (Å²) in [4.78, 5) is 39.6. The SMILES string of the molecule is CC[C@@H](Nc1c(Nc2cc(C#N)cc(C(=O)N(C)C)c2O)c(=O)[nH]n(C)c1=O)c1ccccc1. The molecular formula is C24H26N6O4. The Bertz CT molecular complexity index is 1370. The molecular weight excluding hydrogens is 436 g/mol. The van der Waals surface area contributed by atoms with Crippen molar-refractivity contribution in [1.29, 1.82) is 5.26 Å². The van der Waals surface area contributed by atoms with E-state index in [1.165, 1.54) is 38.2 Å². The van der Waals surface area contributed by atoms with Crippen molar-refractivity contribution in [2.75, 3.05) is 24.7 Å². The Kier molecular flexibility index (Phi) is 7.06. The van der Waals surface area contributed by atoms with Crippen LogP contribution in [-0.4, -0.2) is 39.8 Å². The van der Waals surface area contributed by atoms with E-state index in [-0.39, 0.29) is 34.2 Å². The number of H-pyrrole nitrogens is 1. The van der Waals surface area contributed by atoms with Crippen molar-refractivity contribution in [3.63, 3.8) is 0 Å². The number of aromatic hydroxyl groups is 1. The largest absolute Gasteiger partial charge is 0.505 e. The number of nitrogens with one attached hydrogen (secondary N) is 3. The fraction of sp³-hybridized carbons (Fsp3) is 0.250. The van der Waals surface area contributed by atoms with Crippen molar-refractivity contribution >= 4 is 23.0 Å². The molecule has 3 aromatic rings. The quantitative estimate of drug-likeness (QED) is 0.395. The van der Waals surface area contributed by atoms with Gasteiger partial charge < -0.3 is 20.6 Å². The number of nitriles is 1. The zero-order chi connectivity index (χ0) is 25.0. The number of rotatable bonds is 7. The van der Waals surface area contributed by atoms with Crippen LogP contribution in [0.1, 0.15) is 40.9 Å². The van der Waals surface area contributed by atoms with Crippen LogP contribution in [0.15, 0.2) is 52.1 Å². The number of carbonyl (C=O) groups is 1. The summed E-state index contributed by atoms with van der Waals surface area (Å²) in [6.45, 7) is 1.94. The maximum atomic E-state index is 13.0. The van der Waals surface area contributed by atoms with Crippen LogP contribution in [0.25, 0.3) is 0 Å². The minimum Gasteiger partial charge on any atom is -0.505 e. The second kappa shape index (κ2) is 9.95. The lowest BCUT2D eigenvalue weighted by Gasteiger charge is -2.21. The highest BCUT2D eigenvalue weighted by molar-refractivity contribution is 5.99. The number of anilines is 3. The van der Waals surface area contributed by atoms with Gasteiger partial charge in [-0.3, -0.25) is 24.2 Å². The van der Waals surface area contributed by atoms with Crippen LogP contribution in [0.5, 0.6) is 5.75 Å². The van der Waals surface area contributed by atoms with Crippen LogP contribution in [0.3, 0.4) is 0 Å². The van der Waals surface area contributed by atoms with Gasteiger partial charge in [0.05, 0.1) is 28.9 Å². The fourth-order valence-corrected chi connectivity index (χ4v) is 3.51. The number of carbonyl (C=O) groups excluding carboxylic acids is 1. The van der Waals surface area contributed by atoms with Crippen molar-refractivity contribution in [3.05, 3.63) is 79.9 Å². The van der Waals surface area contributed by atoms with Crippen LogP contribution in [0.2, 0.25) is 0 Å². The molecule has 4 N–H and O–H groups in total. The second-order valence-electron chi connectivity index (χ2n) is 7.93. The van der Waals surface area contributed by atoms with E-state index in [9.17, 15) is 24.8 Å². The number of amides is 1. The minimum atomic E-state index is -0.630. The van der Waals surface area contributed by atoms with Gasteiger partial charge in [-0.1, -0.05) is 37.3 Å². The third kappa shape index (κ3) is 4.78. The van der Waals surface area contributed by atoms with Gasteiger partial charge in [-0.05, 0) is 24.1 Å². The van der Waals surface area contributed by atoms with Gasteiger partial charge in [0.25, 0.3) is 17.0 Å². The summed E-state index contributed by atoms with van der Waals surface area (Å²) < 4.78 is 1.06. The Labute approximate surface area is 196 Å². The Hall–Kier alpha value is -4.52. The Morgan fingerprint density at radius 3 is 2.47 bits per heavy atom. The molecule has 10 nitrogen and oxygen atoms in total. The lowest BCUT2D eigenvalue weighted by Crippen LogP contribution is -2.32. The molecule has 0 aliphatic carbocycles. The standard InChI is InChI=1S/C24H26N6O4/c1-5-17(15-9-7-6-8-10-15)26-20-19(22(32)28-30(4)24(20)34)27-18-12-14(13-25)11-16(21(18)31)23(33)29(2)3/h6-12,17,26-27,31H,5H2,1-4H3,(H,28,32)/t17-/m1/s1. The first-order chi connectivity index (χ1) is 16.2. The smallest absolute Gasteiger partial charge is 0.290 e. The first-order valence-corrected chi connectivity index (χ1v) is 10.6. The van der Waals surface area contributed by atoms with E-state index in [1.54, 1.807) is 0 Å². The number of benzene rings is 2. The van der Waals surface area contributed by atoms with E-state index in [1.807, 2.05) is 43.3 Å². The van der Waals surface area contributed by atoms with E-state index in [0.29, 0.717) is 6.42 Å². The van der Waals surface area contributed by atoms with Gasteiger partial charge in [0.15, 0.2) is 5.75 Å². The number of phenols is 1. The third-order valence-corrected chi connectivity index (χ3v) is 5.33. The Morgan fingerprint density at radius 2 is 1.88 bits per heavy atom. The highest BCUT2D eigenvalue weighted by atomic mass is 16.3. The third-order valence-electron chi connectivity index (χ3n) is 5.33. The molecule has 34 heavy (non-hydrogen) atoms. The fourth-order valence-electron chi connectivity index (χ4n) is 3.51. The zero-order valence-corrected chi connectivity index (χ0v) is 19.3. The molecule has 1 aromatic heterocycles. The van der Waals surface area contributed by atoms with E-state index < -0.39 is 22.8 Å². The van der Waals surface area contributed by atoms with Gasteiger partial charge >= 0.3 is 0 Å². The Balaban J connectivity index is 2.15. The summed E-state index contributed by atoms with van der Waals surface area (Å²) >= 11 is 0. The van der Waals surface area contributed by atoms with Gasteiger partial charge in [0.1, 0.15) is 11.4 Å². The summed E-state index contributed by atoms with van der Waals surface area (Å²) in [5, 5.41) is 28.5. The molecule has 0 aliphatic heterocycles. The molecule has 0 saturated carbocycles. The predicted molar refractivity (Wildman–Crippen MR) is 130 cm³/mol. The molecule has 1 atom stereocenters. The average Bonchev–Trinajstić information content (AvgIpc) is 2.83. The molecule has 10 heteroatoms. The van der Waals surface area contributed by atoms with Crippen molar-refractivity contribution in [2.24, 2.45) is 7.05 Å². The molecule has 1 amide bonds. The van der Waals surface area contributed by atoms with Crippen LogP contribution in [0.4, 0.5) is 17.1 Å². The molecule has 176 valence electrons. The molecule has 2 aromatic carbocycles. The molecule has 1 heterocycles. The van der Waals surface area contributed by atoms with Crippen LogP contribution < -0.4 is 21.8 Å². The van der Waals surface area contributed by atoms with Crippen molar-refractivity contribution in [2.45, 2.75) is 19.4 Å².